The van der Waals surface area contributed by atoms with Crippen LogP contribution in [0.1, 0.15) is 42.7 Å². The van der Waals surface area contributed by atoms with Crippen molar-refractivity contribution in [3.8, 4) is 0 Å². The van der Waals surface area contributed by atoms with E-state index in [-0.39, 0.29) is 18.3 Å². The second kappa shape index (κ2) is 7.53. The molecule has 0 aromatic carbocycles. The highest BCUT2D eigenvalue weighted by Gasteiger charge is 2.12. The van der Waals surface area contributed by atoms with Crippen LogP contribution in [0.25, 0.3) is 0 Å². The Morgan fingerprint density at radius 3 is 2.95 bits per heavy atom. The molecular formula is C15H19NO4. The highest BCUT2D eigenvalue weighted by atomic mass is 16.5. The van der Waals surface area contributed by atoms with E-state index in [9.17, 15) is 9.59 Å². The Morgan fingerprint density at radius 1 is 1.35 bits per heavy atom. The van der Waals surface area contributed by atoms with Crippen LogP contribution in [-0.4, -0.2) is 25.0 Å². The van der Waals surface area contributed by atoms with Crippen molar-refractivity contribution in [2.45, 2.75) is 32.1 Å². The molecule has 1 aromatic rings. The molecule has 2 rings (SSSR count). The number of carbonyl (C=O) groups is 2. The molecule has 0 radical (unpaired) electrons. The van der Waals surface area contributed by atoms with E-state index in [1.807, 2.05) is 0 Å². The normalized spacial score (nSPS) is 14.5. The zero-order chi connectivity index (χ0) is 14.2. The van der Waals surface area contributed by atoms with E-state index in [1.54, 1.807) is 6.07 Å². The van der Waals surface area contributed by atoms with Crippen LogP contribution >= 0.6 is 0 Å². The number of allylic oxidation sites excluding steroid dienone is 1. The summed E-state index contributed by atoms with van der Waals surface area (Å²) in [6.07, 6.45) is 9.28. The van der Waals surface area contributed by atoms with E-state index in [1.165, 1.54) is 30.7 Å². The van der Waals surface area contributed by atoms with Gasteiger partial charge in [-0.2, -0.15) is 0 Å². The first-order chi connectivity index (χ1) is 9.75. The molecule has 0 aliphatic heterocycles. The van der Waals surface area contributed by atoms with Crippen LogP contribution in [-0.2, 0) is 9.53 Å². The molecule has 0 spiro atoms. The number of amides is 1. The van der Waals surface area contributed by atoms with Crippen LogP contribution < -0.4 is 5.32 Å². The van der Waals surface area contributed by atoms with Crippen LogP contribution in [0.4, 0.5) is 0 Å². The van der Waals surface area contributed by atoms with Gasteiger partial charge in [0.1, 0.15) is 0 Å². The summed E-state index contributed by atoms with van der Waals surface area (Å²) in [5.74, 6) is -0.813. The first-order valence-corrected chi connectivity index (χ1v) is 6.91. The summed E-state index contributed by atoms with van der Waals surface area (Å²) in [6.45, 7) is 0.307. The molecule has 1 aromatic heterocycles. The Bertz CT molecular complexity index is 476. The van der Waals surface area contributed by atoms with Gasteiger partial charge in [0.2, 0.25) is 5.76 Å². The summed E-state index contributed by atoms with van der Waals surface area (Å²) in [5.41, 5.74) is 1.41. The Labute approximate surface area is 118 Å². The Kier molecular flexibility index (Phi) is 5.41. The predicted octanol–water partition coefficient (Wildman–Crippen LogP) is 2.44. The van der Waals surface area contributed by atoms with Crippen molar-refractivity contribution in [3.05, 3.63) is 35.8 Å². The standard InChI is InChI=1S/C15H19NO4/c17-14(11-20-15(18)13-7-4-10-19-13)16-9-8-12-5-2-1-3-6-12/h4-5,7,10H,1-3,6,8-9,11H2,(H,16,17). The van der Waals surface area contributed by atoms with Gasteiger partial charge in [0.15, 0.2) is 6.61 Å². The largest absolute Gasteiger partial charge is 0.457 e. The van der Waals surface area contributed by atoms with Crippen molar-refractivity contribution in [3.63, 3.8) is 0 Å². The van der Waals surface area contributed by atoms with Crippen LogP contribution in [0.5, 0.6) is 0 Å². The highest BCUT2D eigenvalue weighted by Crippen LogP contribution is 2.19. The third-order valence-electron chi connectivity index (χ3n) is 3.21. The van der Waals surface area contributed by atoms with Gasteiger partial charge < -0.3 is 14.5 Å². The van der Waals surface area contributed by atoms with Gasteiger partial charge in [0.25, 0.3) is 5.91 Å². The second-order valence-corrected chi connectivity index (χ2v) is 4.76. The van der Waals surface area contributed by atoms with Gasteiger partial charge in [-0.25, -0.2) is 4.79 Å². The SMILES string of the molecule is O=C(COC(=O)c1ccco1)NCCC1=CCCCC1. The number of carbonyl (C=O) groups excluding carboxylic acids is 2. The average molecular weight is 277 g/mol. The number of esters is 1. The molecule has 0 atom stereocenters. The maximum Gasteiger partial charge on any atom is 0.374 e. The number of hydrogen-bond acceptors (Lipinski definition) is 4. The number of ether oxygens (including phenoxy) is 1. The number of nitrogens with one attached hydrogen (secondary N) is 1. The minimum Gasteiger partial charge on any atom is -0.457 e. The van der Waals surface area contributed by atoms with Gasteiger partial charge in [-0.3, -0.25) is 4.79 Å². The van der Waals surface area contributed by atoms with E-state index in [4.69, 9.17) is 9.15 Å². The molecule has 0 fully saturated rings. The molecule has 0 unspecified atom stereocenters. The van der Waals surface area contributed by atoms with Gasteiger partial charge >= 0.3 is 5.97 Å². The topological polar surface area (TPSA) is 68.5 Å². The molecule has 1 N–H and O–H groups in total. The van der Waals surface area contributed by atoms with E-state index in [0.29, 0.717) is 6.54 Å². The van der Waals surface area contributed by atoms with Crippen molar-refractivity contribution in [1.29, 1.82) is 0 Å². The Morgan fingerprint density at radius 2 is 2.25 bits per heavy atom. The Hall–Kier alpha value is -2.04. The molecule has 1 heterocycles. The van der Waals surface area contributed by atoms with Crippen molar-refractivity contribution in [1.82, 2.24) is 5.32 Å². The zero-order valence-corrected chi connectivity index (χ0v) is 11.4. The van der Waals surface area contributed by atoms with Gasteiger partial charge in [-0.05, 0) is 44.2 Å². The molecule has 1 amide bonds. The fourth-order valence-corrected chi connectivity index (χ4v) is 2.14. The lowest BCUT2D eigenvalue weighted by atomic mass is 9.97. The van der Waals surface area contributed by atoms with Crippen molar-refractivity contribution < 1.29 is 18.7 Å². The van der Waals surface area contributed by atoms with Crippen LogP contribution in [0.15, 0.2) is 34.5 Å². The molecule has 0 bridgehead atoms. The summed E-state index contributed by atoms with van der Waals surface area (Å²) in [5, 5.41) is 2.74. The number of hydrogen-bond donors (Lipinski definition) is 1. The summed E-state index contributed by atoms with van der Waals surface area (Å²) in [4.78, 5) is 22.9. The molecule has 0 saturated heterocycles. The Balaban J connectivity index is 1.60. The van der Waals surface area contributed by atoms with Crippen molar-refractivity contribution in [2.75, 3.05) is 13.2 Å². The van der Waals surface area contributed by atoms with Crippen molar-refractivity contribution in [2.24, 2.45) is 0 Å². The average Bonchev–Trinajstić information content (AvgIpc) is 3.00. The first kappa shape index (κ1) is 14.4. The smallest absolute Gasteiger partial charge is 0.374 e. The highest BCUT2D eigenvalue weighted by molar-refractivity contribution is 5.88. The number of furan rings is 1. The molecule has 0 saturated carbocycles. The second-order valence-electron chi connectivity index (χ2n) is 4.76. The lowest BCUT2D eigenvalue weighted by molar-refractivity contribution is -0.124. The third kappa shape index (κ3) is 4.57. The maximum absolute atomic E-state index is 11.5. The molecule has 1 aliphatic carbocycles. The van der Waals surface area contributed by atoms with E-state index >= 15 is 0 Å². The molecule has 1 aliphatic rings. The molecular weight excluding hydrogens is 258 g/mol. The zero-order valence-electron chi connectivity index (χ0n) is 11.4. The first-order valence-electron chi connectivity index (χ1n) is 6.91. The van der Waals surface area contributed by atoms with E-state index in [2.05, 4.69) is 11.4 Å². The summed E-state index contributed by atoms with van der Waals surface area (Å²) in [6, 6.07) is 3.09. The minimum absolute atomic E-state index is 0.102. The summed E-state index contributed by atoms with van der Waals surface area (Å²) < 4.78 is 9.71. The van der Waals surface area contributed by atoms with Crippen LogP contribution in [0.2, 0.25) is 0 Å². The maximum atomic E-state index is 11.5. The molecule has 5 heteroatoms. The quantitative estimate of drug-likeness (QED) is 0.640. The molecule has 20 heavy (non-hydrogen) atoms. The van der Waals surface area contributed by atoms with E-state index in [0.717, 1.165) is 19.3 Å². The van der Waals surface area contributed by atoms with Gasteiger partial charge in [0, 0.05) is 6.54 Å². The van der Waals surface area contributed by atoms with Gasteiger partial charge in [-0.15, -0.1) is 0 Å². The molecule has 5 nitrogen and oxygen atoms in total. The summed E-state index contributed by atoms with van der Waals surface area (Å²) in [7, 11) is 0. The summed E-state index contributed by atoms with van der Waals surface area (Å²) >= 11 is 0. The van der Waals surface area contributed by atoms with E-state index < -0.39 is 5.97 Å². The van der Waals surface area contributed by atoms with Gasteiger partial charge in [0.05, 0.1) is 6.26 Å². The van der Waals surface area contributed by atoms with Crippen molar-refractivity contribution >= 4 is 11.9 Å². The predicted molar refractivity (Wildman–Crippen MR) is 73.2 cm³/mol. The number of rotatable bonds is 6. The van der Waals surface area contributed by atoms with Gasteiger partial charge in [-0.1, -0.05) is 11.6 Å². The lowest BCUT2D eigenvalue weighted by Crippen LogP contribution is -2.29. The van der Waals surface area contributed by atoms with Crippen LogP contribution in [0.3, 0.4) is 0 Å². The monoisotopic (exact) mass is 277 g/mol. The third-order valence-corrected chi connectivity index (χ3v) is 3.21. The fourth-order valence-electron chi connectivity index (χ4n) is 2.14. The lowest BCUT2D eigenvalue weighted by Gasteiger charge is -2.12. The fraction of sp³-hybridized carbons (Fsp3) is 0.467. The molecule has 108 valence electrons. The van der Waals surface area contributed by atoms with Crippen LogP contribution in [0, 0.1) is 0 Å². The minimum atomic E-state index is -0.625.